The minimum absolute atomic E-state index is 0.0226. The van der Waals surface area contributed by atoms with Crippen molar-refractivity contribution in [1.29, 1.82) is 0 Å². The zero-order valence-electron chi connectivity index (χ0n) is 12.6. The SMILES string of the molecule is Cc1ccoc1C(=O)N1C[C@@H]2[C@@H](CNS(C)(=O)=O)CO[C@@H]2C1. The topological polar surface area (TPSA) is 88.9 Å². The third-order valence-corrected chi connectivity index (χ3v) is 5.08. The summed E-state index contributed by atoms with van der Waals surface area (Å²) in [5.41, 5.74) is 0.818. The fraction of sp³-hybridized carbons (Fsp3) is 0.643. The van der Waals surface area contributed by atoms with Crippen LogP contribution in [0.5, 0.6) is 0 Å². The van der Waals surface area contributed by atoms with Crippen LogP contribution < -0.4 is 4.72 Å². The first-order valence-electron chi connectivity index (χ1n) is 7.25. The molecule has 1 aromatic rings. The Labute approximate surface area is 129 Å². The first-order valence-corrected chi connectivity index (χ1v) is 9.14. The molecule has 3 rings (SSSR count). The van der Waals surface area contributed by atoms with Crippen LogP contribution in [0.15, 0.2) is 16.7 Å². The Morgan fingerprint density at radius 3 is 2.86 bits per heavy atom. The molecule has 0 spiro atoms. The minimum atomic E-state index is -3.21. The second-order valence-corrected chi connectivity index (χ2v) is 7.89. The largest absolute Gasteiger partial charge is 0.459 e. The van der Waals surface area contributed by atoms with Crippen LogP contribution in [0.2, 0.25) is 0 Å². The summed E-state index contributed by atoms with van der Waals surface area (Å²) in [5, 5.41) is 0. The summed E-state index contributed by atoms with van der Waals surface area (Å²) < 4.78 is 35.9. The van der Waals surface area contributed by atoms with Gasteiger partial charge < -0.3 is 14.1 Å². The molecule has 3 heterocycles. The van der Waals surface area contributed by atoms with Gasteiger partial charge in [0, 0.05) is 37.0 Å². The van der Waals surface area contributed by atoms with Gasteiger partial charge in [-0.1, -0.05) is 0 Å². The Morgan fingerprint density at radius 2 is 2.23 bits per heavy atom. The van der Waals surface area contributed by atoms with Gasteiger partial charge in [0.2, 0.25) is 10.0 Å². The first-order chi connectivity index (χ1) is 10.3. The molecule has 7 nitrogen and oxygen atoms in total. The fourth-order valence-corrected chi connectivity index (χ4v) is 3.69. The van der Waals surface area contributed by atoms with Crippen LogP contribution in [0.3, 0.4) is 0 Å². The lowest BCUT2D eigenvalue weighted by Gasteiger charge is -2.19. The van der Waals surface area contributed by atoms with Crippen LogP contribution in [0.4, 0.5) is 0 Å². The van der Waals surface area contributed by atoms with E-state index in [-0.39, 0.29) is 23.8 Å². The number of ether oxygens (including phenoxy) is 1. The van der Waals surface area contributed by atoms with Crippen molar-refractivity contribution in [1.82, 2.24) is 9.62 Å². The van der Waals surface area contributed by atoms with E-state index in [0.717, 1.165) is 11.8 Å². The summed E-state index contributed by atoms with van der Waals surface area (Å²) in [6.07, 6.45) is 2.63. The second-order valence-electron chi connectivity index (χ2n) is 6.06. The van der Waals surface area contributed by atoms with Crippen molar-refractivity contribution in [2.24, 2.45) is 11.8 Å². The van der Waals surface area contributed by atoms with Crippen LogP contribution in [0.25, 0.3) is 0 Å². The maximum atomic E-state index is 12.4. The molecular formula is C14H20N2O5S. The summed E-state index contributed by atoms with van der Waals surface area (Å²) >= 11 is 0. The number of carbonyl (C=O) groups excluding carboxylic acids is 1. The van der Waals surface area contributed by atoms with E-state index in [0.29, 0.717) is 32.0 Å². The molecule has 2 saturated heterocycles. The van der Waals surface area contributed by atoms with Crippen molar-refractivity contribution in [2.75, 3.05) is 32.5 Å². The predicted molar refractivity (Wildman–Crippen MR) is 78.9 cm³/mol. The molecule has 0 radical (unpaired) electrons. The van der Waals surface area contributed by atoms with Crippen LogP contribution in [-0.2, 0) is 14.8 Å². The molecule has 122 valence electrons. The van der Waals surface area contributed by atoms with Crippen LogP contribution in [-0.4, -0.2) is 57.8 Å². The molecule has 1 aromatic heterocycles. The summed E-state index contributed by atoms with van der Waals surface area (Å²) in [7, 11) is -3.21. The van der Waals surface area contributed by atoms with Crippen molar-refractivity contribution in [2.45, 2.75) is 13.0 Å². The lowest BCUT2D eigenvalue weighted by Crippen LogP contribution is -2.35. The average Bonchev–Trinajstić information content (AvgIpc) is 3.09. The molecule has 0 aliphatic carbocycles. The number of rotatable bonds is 4. The molecule has 1 N–H and O–H groups in total. The molecule has 0 aromatic carbocycles. The molecule has 0 unspecified atom stereocenters. The summed E-state index contributed by atoms with van der Waals surface area (Å²) in [4.78, 5) is 14.2. The van der Waals surface area contributed by atoms with Crippen molar-refractivity contribution >= 4 is 15.9 Å². The highest BCUT2D eigenvalue weighted by molar-refractivity contribution is 7.88. The number of carbonyl (C=O) groups is 1. The van der Waals surface area contributed by atoms with Gasteiger partial charge in [0.05, 0.1) is 25.2 Å². The minimum Gasteiger partial charge on any atom is -0.459 e. The van der Waals surface area contributed by atoms with Gasteiger partial charge in [0.15, 0.2) is 5.76 Å². The third-order valence-electron chi connectivity index (χ3n) is 4.39. The van der Waals surface area contributed by atoms with Crippen LogP contribution in [0.1, 0.15) is 16.1 Å². The number of nitrogens with one attached hydrogen (secondary N) is 1. The van der Waals surface area contributed by atoms with Gasteiger partial charge in [-0.15, -0.1) is 0 Å². The molecule has 8 heteroatoms. The number of amides is 1. The van der Waals surface area contributed by atoms with E-state index < -0.39 is 10.0 Å². The molecular weight excluding hydrogens is 308 g/mol. The average molecular weight is 328 g/mol. The highest BCUT2D eigenvalue weighted by atomic mass is 32.2. The maximum Gasteiger partial charge on any atom is 0.289 e. The molecule has 2 aliphatic heterocycles. The Balaban J connectivity index is 1.64. The van der Waals surface area contributed by atoms with E-state index in [4.69, 9.17) is 9.15 Å². The van der Waals surface area contributed by atoms with E-state index in [2.05, 4.69) is 4.72 Å². The van der Waals surface area contributed by atoms with Crippen molar-refractivity contribution in [3.8, 4) is 0 Å². The van der Waals surface area contributed by atoms with Gasteiger partial charge in [0.1, 0.15) is 0 Å². The summed E-state index contributed by atoms with van der Waals surface area (Å²) in [6, 6.07) is 1.76. The molecule has 2 aliphatic rings. The van der Waals surface area contributed by atoms with Gasteiger partial charge >= 0.3 is 0 Å². The number of aryl methyl sites for hydroxylation is 1. The van der Waals surface area contributed by atoms with E-state index in [1.807, 2.05) is 6.92 Å². The summed E-state index contributed by atoms with van der Waals surface area (Å²) in [6.45, 7) is 3.81. The quantitative estimate of drug-likeness (QED) is 0.854. The third kappa shape index (κ3) is 3.04. The van der Waals surface area contributed by atoms with Crippen LogP contribution in [0, 0.1) is 18.8 Å². The fourth-order valence-electron chi connectivity index (χ4n) is 3.17. The molecule has 0 saturated carbocycles. The van der Waals surface area contributed by atoms with Crippen molar-refractivity contribution < 1.29 is 22.4 Å². The van der Waals surface area contributed by atoms with E-state index >= 15 is 0 Å². The number of likely N-dealkylation sites (tertiary alicyclic amines) is 1. The van der Waals surface area contributed by atoms with Gasteiger partial charge in [-0.3, -0.25) is 4.79 Å². The predicted octanol–water partition coefficient (Wildman–Crippen LogP) is 0.224. The lowest BCUT2D eigenvalue weighted by molar-refractivity contribution is 0.0651. The van der Waals surface area contributed by atoms with Crippen molar-refractivity contribution in [3.05, 3.63) is 23.7 Å². The number of hydrogen-bond donors (Lipinski definition) is 1. The molecule has 3 atom stereocenters. The molecule has 1 amide bonds. The van der Waals surface area contributed by atoms with Gasteiger partial charge in [-0.25, -0.2) is 13.1 Å². The van der Waals surface area contributed by atoms with Crippen LogP contribution >= 0.6 is 0 Å². The smallest absolute Gasteiger partial charge is 0.289 e. The maximum absolute atomic E-state index is 12.4. The second kappa shape index (κ2) is 5.68. The Kier molecular flexibility index (Phi) is 4.00. The normalized spacial score (nSPS) is 28.1. The highest BCUT2D eigenvalue weighted by Gasteiger charge is 2.45. The lowest BCUT2D eigenvalue weighted by atomic mass is 9.93. The van der Waals surface area contributed by atoms with Crippen molar-refractivity contribution in [3.63, 3.8) is 0 Å². The number of sulfonamides is 1. The Hall–Kier alpha value is -1.38. The van der Waals surface area contributed by atoms with Gasteiger partial charge in [0.25, 0.3) is 5.91 Å². The molecule has 2 fully saturated rings. The zero-order chi connectivity index (χ0) is 15.9. The number of furan rings is 1. The van der Waals surface area contributed by atoms with E-state index in [1.54, 1.807) is 11.0 Å². The Morgan fingerprint density at radius 1 is 1.45 bits per heavy atom. The van der Waals surface area contributed by atoms with E-state index in [1.165, 1.54) is 6.26 Å². The van der Waals surface area contributed by atoms with E-state index in [9.17, 15) is 13.2 Å². The summed E-state index contributed by atoms with van der Waals surface area (Å²) in [5.74, 6) is 0.491. The first kappa shape index (κ1) is 15.5. The number of nitrogens with zero attached hydrogens (tertiary/aromatic N) is 1. The van der Waals surface area contributed by atoms with Gasteiger partial charge in [-0.05, 0) is 13.0 Å². The molecule has 0 bridgehead atoms. The Bertz CT molecular complexity index is 669. The highest BCUT2D eigenvalue weighted by Crippen LogP contribution is 2.34. The molecule has 22 heavy (non-hydrogen) atoms. The number of fused-ring (bicyclic) bond motifs is 1. The standard InChI is InChI=1S/C14H20N2O5S/c1-9-3-4-20-13(9)14(17)16-6-11-10(5-15-22(2,18)19)8-21-12(11)7-16/h3-4,10-12,15H,5-8H2,1-2H3/t10-,11+,12+/m0/s1. The zero-order valence-corrected chi connectivity index (χ0v) is 13.4. The van der Waals surface area contributed by atoms with Gasteiger partial charge in [-0.2, -0.15) is 0 Å². The number of hydrogen-bond acceptors (Lipinski definition) is 5. The monoisotopic (exact) mass is 328 g/mol.